The Morgan fingerprint density at radius 2 is 2.05 bits per heavy atom. The molecule has 21 heavy (non-hydrogen) atoms. The van der Waals surface area contributed by atoms with E-state index in [4.69, 9.17) is 0 Å². The molecule has 2 aromatic rings. The first-order valence-electron chi connectivity index (χ1n) is 7.43. The van der Waals surface area contributed by atoms with Crippen LogP contribution in [-0.2, 0) is 0 Å². The molecule has 1 aliphatic carbocycles. The molecule has 6 heteroatoms. The van der Waals surface area contributed by atoms with Gasteiger partial charge in [0.1, 0.15) is 5.56 Å². The van der Waals surface area contributed by atoms with Gasteiger partial charge in [0.05, 0.1) is 0 Å². The van der Waals surface area contributed by atoms with Gasteiger partial charge in [-0.05, 0) is 19.8 Å². The van der Waals surface area contributed by atoms with Crippen molar-refractivity contribution in [3.8, 4) is 0 Å². The number of nitrogens with one attached hydrogen (secondary N) is 1. The van der Waals surface area contributed by atoms with Crippen LogP contribution in [0, 0.1) is 6.92 Å². The number of aryl methyl sites for hydroxylation is 1. The predicted octanol–water partition coefficient (Wildman–Crippen LogP) is 2.52. The highest BCUT2D eigenvalue weighted by Crippen LogP contribution is 2.17. The molecule has 112 valence electrons. The molecule has 1 saturated carbocycles. The molecule has 1 fully saturated rings. The van der Waals surface area contributed by atoms with Crippen molar-refractivity contribution in [1.82, 2.24) is 14.7 Å². The van der Waals surface area contributed by atoms with E-state index in [1.54, 1.807) is 0 Å². The summed E-state index contributed by atoms with van der Waals surface area (Å²) >= 11 is 1.41. The van der Waals surface area contributed by atoms with E-state index in [1.165, 1.54) is 34.8 Å². The molecule has 1 N–H and O–H groups in total. The highest BCUT2D eigenvalue weighted by Gasteiger charge is 2.19. The second-order valence-corrected chi connectivity index (χ2v) is 6.47. The average Bonchev–Trinajstić information content (AvgIpc) is 2.68. The summed E-state index contributed by atoms with van der Waals surface area (Å²) in [6.45, 7) is 1.85. The first-order valence-corrected chi connectivity index (χ1v) is 8.31. The number of aromatic nitrogens is 2. The van der Waals surface area contributed by atoms with Gasteiger partial charge in [0, 0.05) is 23.3 Å². The first-order chi connectivity index (χ1) is 10.2. The Kier molecular flexibility index (Phi) is 4.05. The lowest BCUT2D eigenvalue weighted by molar-refractivity contribution is 0.0931. The second kappa shape index (κ2) is 5.97. The molecule has 0 unspecified atom stereocenters. The lowest BCUT2D eigenvalue weighted by Crippen LogP contribution is -2.38. The number of carbonyl (C=O) groups is 1. The van der Waals surface area contributed by atoms with Crippen molar-refractivity contribution in [2.45, 2.75) is 51.5 Å². The third kappa shape index (κ3) is 2.85. The monoisotopic (exact) mass is 305 g/mol. The standard InChI is InChI=1S/C15H19N3O2S/c1-10-9-21-15-16-8-12(14(20)18(10)15)13(19)17-11-6-4-2-3-5-7-11/h8-9,11H,2-7H2,1H3,(H,17,19). The summed E-state index contributed by atoms with van der Waals surface area (Å²) in [5.41, 5.74) is 0.680. The molecule has 0 atom stereocenters. The number of amides is 1. The number of thiazole rings is 1. The van der Waals surface area contributed by atoms with E-state index in [2.05, 4.69) is 10.3 Å². The lowest BCUT2D eigenvalue weighted by atomic mass is 10.1. The van der Waals surface area contributed by atoms with Gasteiger partial charge in [-0.3, -0.25) is 14.0 Å². The number of carbonyl (C=O) groups excluding carboxylic acids is 1. The van der Waals surface area contributed by atoms with E-state index in [0.29, 0.717) is 4.96 Å². The molecule has 1 amide bonds. The van der Waals surface area contributed by atoms with Crippen LogP contribution in [0.4, 0.5) is 0 Å². The van der Waals surface area contributed by atoms with Crippen molar-refractivity contribution in [3.05, 3.63) is 33.2 Å². The van der Waals surface area contributed by atoms with Crippen molar-refractivity contribution in [2.24, 2.45) is 0 Å². The zero-order chi connectivity index (χ0) is 14.8. The van der Waals surface area contributed by atoms with Gasteiger partial charge in [0.15, 0.2) is 4.96 Å². The fourth-order valence-corrected chi connectivity index (χ4v) is 3.69. The average molecular weight is 305 g/mol. The number of fused-ring (bicyclic) bond motifs is 1. The summed E-state index contributed by atoms with van der Waals surface area (Å²) in [5, 5.41) is 4.88. The zero-order valence-electron chi connectivity index (χ0n) is 12.1. The van der Waals surface area contributed by atoms with Gasteiger partial charge < -0.3 is 5.32 Å². The van der Waals surface area contributed by atoms with Crippen molar-refractivity contribution in [1.29, 1.82) is 0 Å². The minimum absolute atomic E-state index is 0.137. The summed E-state index contributed by atoms with van der Waals surface area (Å²) in [5.74, 6) is -0.292. The first kappa shape index (κ1) is 14.3. The third-order valence-electron chi connectivity index (χ3n) is 4.05. The molecule has 0 saturated heterocycles. The highest BCUT2D eigenvalue weighted by atomic mass is 32.1. The summed E-state index contributed by atoms with van der Waals surface area (Å²) in [6.07, 6.45) is 8.16. The smallest absolute Gasteiger partial charge is 0.271 e. The van der Waals surface area contributed by atoms with E-state index in [0.717, 1.165) is 31.4 Å². The summed E-state index contributed by atoms with van der Waals surface area (Å²) < 4.78 is 1.51. The molecule has 0 radical (unpaired) electrons. The molecule has 2 aromatic heterocycles. The van der Waals surface area contributed by atoms with Crippen molar-refractivity contribution in [2.75, 3.05) is 0 Å². The van der Waals surface area contributed by atoms with Crippen molar-refractivity contribution < 1.29 is 4.79 Å². The van der Waals surface area contributed by atoms with Crippen LogP contribution in [0.1, 0.15) is 54.6 Å². The predicted molar refractivity (Wildman–Crippen MR) is 83.0 cm³/mol. The van der Waals surface area contributed by atoms with Crippen LogP contribution in [0.2, 0.25) is 0 Å². The quantitative estimate of drug-likeness (QED) is 0.867. The molecule has 0 spiro atoms. The van der Waals surface area contributed by atoms with Crippen molar-refractivity contribution in [3.63, 3.8) is 0 Å². The molecule has 3 rings (SSSR count). The molecule has 0 aromatic carbocycles. The molecular formula is C15H19N3O2S. The molecule has 0 bridgehead atoms. The molecule has 5 nitrogen and oxygen atoms in total. The molecule has 1 aliphatic rings. The number of rotatable bonds is 2. The Labute approximate surface area is 127 Å². The number of hydrogen-bond acceptors (Lipinski definition) is 4. The van der Waals surface area contributed by atoms with E-state index in [1.807, 2.05) is 12.3 Å². The Bertz CT molecular complexity index is 711. The van der Waals surface area contributed by atoms with E-state index in [-0.39, 0.29) is 23.1 Å². The maximum absolute atomic E-state index is 12.4. The van der Waals surface area contributed by atoms with Crippen LogP contribution in [0.5, 0.6) is 0 Å². The summed E-state index contributed by atoms with van der Waals surface area (Å²) in [7, 11) is 0. The highest BCUT2D eigenvalue weighted by molar-refractivity contribution is 7.15. The second-order valence-electron chi connectivity index (χ2n) is 5.63. The summed E-state index contributed by atoms with van der Waals surface area (Å²) in [4.78, 5) is 29.6. The van der Waals surface area contributed by atoms with Gasteiger partial charge in [-0.25, -0.2) is 4.98 Å². The van der Waals surface area contributed by atoms with Crippen LogP contribution in [0.3, 0.4) is 0 Å². The topological polar surface area (TPSA) is 63.5 Å². The van der Waals surface area contributed by atoms with Crippen LogP contribution >= 0.6 is 11.3 Å². The minimum atomic E-state index is -0.292. The van der Waals surface area contributed by atoms with Gasteiger partial charge in [-0.1, -0.05) is 25.7 Å². The number of nitrogens with zero attached hydrogens (tertiary/aromatic N) is 2. The Hall–Kier alpha value is -1.69. The largest absolute Gasteiger partial charge is 0.349 e. The maximum atomic E-state index is 12.4. The maximum Gasteiger partial charge on any atom is 0.271 e. The van der Waals surface area contributed by atoms with Crippen LogP contribution in [-0.4, -0.2) is 21.3 Å². The molecule has 2 heterocycles. The van der Waals surface area contributed by atoms with Crippen LogP contribution < -0.4 is 10.9 Å². The van der Waals surface area contributed by atoms with E-state index < -0.39 is 0 Å². The molecule has 0 aliphatic heterocycles. The summed E-state index contributed by atoms with van der Waals surface area (Å²) in [6, 6.07) is 0.184. The van der Waals surface area contributed by atoms with Gasteiger partial charge >= 0.3 is 0 Å². The van der Waals surface area contributed by atoms with Gasteiger partial charge in [0.2, 0.25) is 0 Å². The Balaban J connectivity index is 1.85. The SMILES string of the molecule is Cc1csc2ncc(C(=O)NC3CCCCCC3)c(=O)n12. The third-order valence-corrected chi connectivity index (χ3v) is 5.01. The normalized spacial score (nSPS) is 16.8. The Morgan fingerprint density at radius 1 is 1.33 bits per heavy atom. The fraction of sp³-hybridized carbons (Fsp3) is 0.533. The number of hydrogen-bond donors (Lipinski definition) is 1. The zero-order valence-corrected chi connectivity index (χ0v) is 12.9. The van der Waals surface area contributed by atoms with Crippen LogP contribution in [0.25, 0.3) is 4.96 Å². The van der Waals surface area contributed by atoms with E-state index >= 15 is 0 Å². The van der Waals surface area contributed by atoms with Gasteiger partial charge in [-0.2, -0.15) is 0 Å². The van der Waals surface area contributed by atoms with Crippen molar-refractivity contribution >= 4 is 22.2 Å². The minimum Gasteiger partial charge on any atom is -0.349 e. The van der Waals surface area contributed by atoms with Gasteiger partial charge in [0.25, 0.3) is 11.5 Å². The molecular weight excluding hydrogens is 286 g/mol. The fourth-order valence-electron chi connectivity index (χ4n) is 2.87. The van der Waals surface area contributed by atoms with Gasteiger partial charge in [-0.15, -0.1) is 11.3 Å². The van der Waals surface area contributed by atoms with E-state index in [9.17, 15) is 9.59 Å². The van der Waals surface area contributed by atoms with Crippen LogP contribution in [0.15, 0.2) is 16.4 Å². The lowest BCUT2D eigenvalue weighted by Gasteiger charge is -2.15. The Morgan fingerprint density at radius 3 is 2.76 bits per heavy atom.